The van der Waals surface area contributed by atoms with E-state index in [1.807, 2.05) is 13.1 Å². The van der Waals surface area contributed by atoms with E-state index in [4.69, 9.17) is 5.73 Å². The topological polar surface area (TPSA) is 93.2 Å². The third kappa shape index (κ3) is 2.90. The van der Waals surface area contributed by atoms with Crippen LogP contribution in [0.5, 0.6) is 0 Å². The van der Waals surface area contributed by atoms with Crippen LogP contribution in [0.2, 0.25) is 0 Å². The lowest BCUT2D eigenvalue weighted by Crippen LogP contribution is -2.62. The number of aryl methyl sites for hydroxylation is 1. The number of nitrogens with zero attached hydrogens (tertiary/aromatic N) is 3. The Morgan fingerprint density at radius 3 is 2.57 bits per heavy atom. The zero-order chi connectivity index (χ0) is 19.6. The number of amides is 2. The van der Waals surface area contributed by atoms with Gasteiger partial charge in [0.1, 0.15) is 5.82 Å². The number of anilines is 1. The lowest BCUT2D eigenvalue weighted by molar-refractivity contribution is -0.145. The number of nitrogens with two attached hydrogens (primary N) is 1. The smallest absolute Gasteiger partial charge is 0.272 e. The first-order valence-corrected chi connectivity index (χ1v) is 10.7. The van der Waals surface area contributed by atoms with Crippen molar-refractivity contribution in [2.45, 2.75) is 51.0 Å². The Balaban J connectivity index is 1.29. The molecule has 1 heterocycles. The normalized spacial score (nSPS) is 35.8. The SMILES string of the molecule is CN(CC1CC1)c1cc(C(=O)N[C@H]2C3CC4CC2C[C@](C(N)=O)(C4)C3)nn1C. The standard InChI is InChI=1S/C21H31N5O2/c1-25(11-12-3-4-12)17-7-16(24-26(17)2)19(27)23-18-14-5-13-6-15(18)10-21(8-13,9-14)20(22)28/h7,12-15,18H,3-6,8-11H2,1-2H3,(H2,22,28)(H,23,27)/t13?,14?,15?,18-,21-. The Morgan fingerprint density at radius 2 is 1.96 bits per heavy atom. The fourth-order valence-electron chi connectivity index (χ4n) is 6.49. The maximum absolute atomic E-state index is 13.0. The van der Waals surface area contributed by atoms with E-state index < -0.39 is 0 Å². The first-order chi connectivity index (χ1) is 13.3. The molecule has 2 unspecified atom stereocenters. The summed E-state index contributed by atoms with van der Waals surface area (Å²) in [4.78, 5) is 27.3. The van der Waals surface area contributed by atoms with Crippen LogP contribution in [0.15, 0.2) is 6.07 Å². The summed E-state index contributed by atoms with van der Waals surface area (Å²) in [6.07, 6.45) is 7.42. The van der Waals surface area contributed by atoms with Crippen LogP contribution in [0.25, 0.3) is 0 Å². The van der Waals surface area contributed by atoms with Gasteiger partial charge in [-0.15, -0.1) is 0 Å². The molecule has 1 aromatic rings. The molecule has 28 heavy (non-hydrogen) atoms. The van der Waals surface area contributed by atoms with Gasteiger partial charge in [-0.3, -0.25) is 14.3 Å². The van der Waals surface area contributed by atoms with Gasteiger partial charge in [-0.25, -0.2) is 0 Å². The Hall–Kier alpha value is -2.05. The van der Waals surface area contributed by atoms with Gasteiger partial charge in [0.15, 0.2) is 5.69 Å². The predicted molar refractivity (Wildman–Crippen MR) is 106 cm³/mol. The van der Waals surface area contributed by atoms with Crippen molar-refractivity contribution >= 4 is 17.6 Å². The van der Waals surface area contributed by atoms with Crippen molar-refractivity contribution in [1.82, 2.24) is 15.1 Å². The van der Waals surface area contributed by atoms with Crippen molar-refractivity contribution in [3.8, 4) is 0 Å². The number of hydrogen-bond acceptors (Lipinski definition) is 4. The summed E-state index contributed by atoms with van der Waals surface area (Å²) >= 11 is 0. The summed E-state index contributed by atoms with van der Waals surface area (Å²) in [7, 11) is 3.97. The van der Waals surface area contributed by atoms with Crippen LogP contribution in [0, 0.1) is 29.1 Å². The molecule has 2 amide bonds. The summed E-state index contributed by atoms with van der Waals surface area (Å²) in [5.74, 6) is 2.86. The van der Waals surface area contributed by atoms with Crippen LogP contribution in [-0.2, 0) is 11.8 Å². The van der Waals surface area contributed by atoms with Gasteiger partial charge in [-0.1, -0.05) is 0 Å². The minimum Gasteiger partial charge on any atom is -0.369 e. The molecule has 5 saturated carbocycles. The number of carbonyl (C=O) groups is 2. The number of aromatic nitrogens is 2. The van der Waals surface area contributed by atoms with Crippen LogP contribution in [0.4, 0.5) is 5.82 Å². The zero-order valence-corrected chi connectivity index (χ0v) is 16.9. The van der Waals surface area contributed by atoms with Gasteiger partial charge >= 0.3 is 0 Å². The number of nitrogens with one attached hydrogen (secondary N) is 1. The molecule has 2 atom stereocenters. The molecule has 0 spiro atoms. The van der Waals surface area contributed by atoms with Gasteiger partial charge in [0.25, 0.3) is 5.91 Å². The Labute approximate surface area is 166 Å². The molecule has 0 aliphatic heterocycles. The van der Waals surface area contributed by atoms with Crippen LogP contribution in [0.1, 0.15) is 55.4 Å². The molecule has 0 aromatic carbocycles. The van der Waals surface area contributed by atoms with E-state index in [0.717, 1.165) is 50.4 Å². The second-order valence-corrected chi connectivity index (χ2v) is 9.95. The monoisotopic (exact) mass is 385 g/mol. The first kappa shape index (κ1) is 18.0. The average Bonchev–Trinajstić information content (AvgIpc) is 3.35. The van der Waals surface area contributed by atoms with E-state index >= 15 is 0 Å². The van der Waals surface area contributed by atoms with E-state index in [9.17, 15) is 9.59 Å². The average molecular weight is 386 g/mol. The van der Waals surface area contributed by atoms with Gasteiger partial charge in [0.05, 0.1) is 0 Å². The van der Waals surface area contributed by atoms with Crippen LogP contribution in [-0.4, -0.2) is 41.2 Å². The van der Waals surface area contributed by atoms with Crippen molar-refractivity contribution in [1.29, 1.82) is 0 Å². The molecular weight excluding hydrogens is 354 g/mol. The molecule has 0 radical (unpaired) electrons. The van der Waals surface area contributed by atoms with Crippen LogP contribution >= 0.6 is 0 Å². The Kier molecular flexibility index (Phi) is 4.00. The second-order valence-electron chi connectivity index (χ2n) is 9.95. The molecule has 7 nitrogen and oxygen atoms in total. The van der Waals surface area contributed by atoms with Crippen molar-refractivity contribution in [3.63, 3.8) is 0 Å². The summed E-state index contributed by atoms with van der Waals surface area (Å²) in [5, 5.41) is 7.75. The molecule has 3 N–H and O–H groups in total. The van der Waals surface area contributed by atoms with E-state index in [2.05, 4.69) is 22.4 Å². The molecule has 4 bridgehead atoms. The third-order valence-corrected chi connectivity index (χ3v) is 7.80. The molecule has 5 aliphatic rings. The maximum atomic E-state index is 13.0. The van der Waals surface area contributed by atoms with E-state index in [0.29, 0.717) is 23.4 Å². The molecule has 6 rings (SSSR count). The third-order valence-electron chi connectivity index (χ3n) is 7.80. The predicted octanol–water partition coefficient (Wildman–Crippen LogP) is 1.68. The summed E-state index contributed by atoms with van der Waals surface area (Å²) in [6, 6.07) is 2.05. The van der Waals surface area contributed by atoms with Gasteiger partial charge in [-0.2, -0.15) is 5.10 Å². The van der Waals surface area contributed by atoms with Gasteiger partial charge < -0.3 is 16.0 Å². The number of primary amides is 1. The summed E-state index contributed by atoms with van der Waals surface area (Å²) < 4.78 is 1.80. The molecule has 0 saturated heterocycles. The largest absolute Gasteiger partial charge is 0.369 e. The Morgan fingerprint density at radius 1 is 1.29 bits per heavy atom. The summed E-state index contributed by atoms with van der Waals surface area (Å²) in [5.41, 5.74) is 5.94. The van der Waals surface area contributed by atoms with Crippen LogP contribution < -0.4 is 16.0 Å². The highest BCUT2D eigenvalue weighted by atomic mass is 16.2. The highest BCUT2D eigenvalue weighted by molar-refractivity contribution is 5.93. The fourth-order valence-corrected chi connectivity index (χ4v) is 6.49. The van der Waals surface area contributed by atoms with E-state index in [1.165, 1.54) is 12.8 Å². The van der Waals surface area contributed by atoms with Crippen molar-refractivity contribution < 1.29 is 9.59 Å². The summed E-state index contributed by atoms with van der Waals surface area (Å²) in [6.45, 7) is 1.02. The minimum atomic E-state index is -0.318. The van der Waals surface area contributed by atoms with Crippen molar-refractivity contribution in [2.24, 2.45) is 41.9 Å². The quantitative estimate of drug-likeness (QED) is 0.779. The molecular formula is C21H31N5O2. The molecule has 1 aromatic heterocycles. The molecule has 152 valence electrons. The Bertz CT molecular complexity index is 798. The molecule has 5 fully saturated rings. The first-order valence-electron chi connectivity index (χ1n) is 10.7. The fraction of sp³-hybridized carbons (Fsp3) is 0.762. The molecule has 7 heteroatoms. The van der Waals surface area contributed by atoms with Gasteiger partial charge in [0.2, 0.25) is 5.91 Å². The van der Waals surface area contributed by atoms with E-state index in [1.54, 1.807) is 4.68 Å². The van der Waals surface area contributed by atoms with Crippen LogP contribution in [0.3, 0.4) is 0 Å². The zero-order valence-electron chi connectivity index (χ0n) is 16.9. The number of carbonyl (C=O) groups excluding carboxylic acids is 2. The number of hydrogen-bond donors (Lipinski definition) is 2. The molecule has 5 aliphatic carbocycles. The number of rotatable bonds is 6. The van der Waals surface area contributed by atoms with E-state index in [-0.39, 0.29) is 23.3 Å². The lowest BCUT2D eigenvalue weighted by atomic mass is 9.47. The highest BCUT2D eigenvalue weighted by Gasteiger charge is 2.58. The minimum absolute atomic E-state index is 0.0905. The maximum Gasteiger partial charge on any atom is 0.272 e. The van der Waals surface area contributed by atoms with Crippen molar-refractivity contribution in [2.75, 3.05) is 18.5 Å². The van der Waals surface area contributed by atoms with Crippen molar-refractivity contribution in [3.05, 3.63) is 11.8 Å². The van der Waals surface area contributed by atoms with Gasteiger partial charge in [0, 0.05) is 38.2 Å². The lowest BCUT2D eigenvalue weighted by Gasteiger charge is -2.58. The highest BCUT2D eigenvalue weighted by Crippen LogP contribution is 2.59. The second kappa shape index (κ2) is 6.22. The van der Waals surface area contributed by atoms with Gasteiger partial charge in [-0.05, 0) is 68.6 Å².